The van der Waals surface area contributed by atoms with Gasteiger partial charge < -0.3 is 5.32 Å². The number of benzene rings is 2. The summed E-state index contributed by atoms with van der Waals surface area (Å²) in [6, 6.07) is 21.1. The number of hydrogen-bond donors (Lipinski definition) is 1. The van der Waals surface area contributed by atoms with Gasteiger partial charge in [-0.3, -0.25) is 4.79 Å². The number of para-hydroxylation sites is 1. The van der Waals surface area contributed by atoms with Crippen LogP contribution >= 0.6 is 15.9 Å². The monoisotopic (exact) mass is 406 g/mol. The van der Waals surface area contributed by atoms with Crippen molar-refractivity contribution >= 4 is 38.6 Å². The lowest BCUT2D eigenvalue weighted by Crippen LogP contribution is -2.17. The molecule has 0 radical (unpaired) electrons. The number of pyridine rings is 1. The van der Waals surface area contributed by atoms with E-state index in [2.05, 4.69) is 31.3 Å². The molecule has 4 aromatic rings. The Balaban J connectivity index is 1.56. The topological polar surface area (TPSA) is 59.8 Å². The fourth-order valence-corrected chi connectivity index (χ4v) is 3.14. The van der Waals surface area contributed by atoms with E-state index in [0.717, 1.165) is 20.9 Å². The van der Waals surface area contributed by atoms with E-state index in [0.29, 0.717) is 18.1 Å². The fourth-order valence-electron chi connectivity index (χ4n) is 2.73. The van der Waals surface area contributed by atoms with Crippen LogP contribution in [0, 0.1) is 0 Å². The Morgan fingerprint density at radius 2 is 1.81 bits per heavy atom. The van der Waals surface area contributed by atoms with Crippen molar-refractivity contribution < 1.29 is 4.79 Å². The Morgan fingerprint density at radius 1 is 1.00 bits per heavy atom. The van der Waals surface area contributed by atoms with Gasteiger partial charge in [-0.15, -0.1) is 0 Å². The molecular formula is C20H15BrN4O. The third-order valence-electron chi connectivity index (χ3n) is 4.07. The maximum Gasteiger partial charge on any atom is 0.275 e. The predicted octanol–water partition coefficient (Wildman–Crippen LogP) is 4.49. The highest BCUT2D eigenvalue weighted by Gasteiger charge is 2.12. The van der Waals surface area contributed by atoms with E-state index in [1.54, 1.807) is 23.0 Å². The van der Waals surface area contributed by atoms with Gasteiger partial charge in [0.15, 0.2) is 0 Å². The van der Waals surface area contributed by atoms with Crippen LogP contribution in [-0.2, 0) is 6.54 Å². The Morgan fingerprint density at radius 3 is 2.69 bits per heavy atom. The first-order valence-electron chi connectivity index (χ1n) is 8.13. The van der Waals surface area contributed by atoms with Gasteiger partial charge in [0, 0.05) is 15.9 Å². The van der Waals surface area contributed by atoms with Crippen LogP contribution in [0.25, 0.3) is 10.9 Å². The number of carbonyl (C=O) groups is 1. The zero-order chi connectivity index (χ0) is 17.9. The quantitative estimate of drug-likeness (QED) is 0.542. The first-order valence-corrected chi connectivity index (χ1v) is 8.92. The molecule has 0 spiro atoms. The smallest absolute Gasteiger partial charge is 0.275 e. The second kappa shape index (κ2) is 7.09. The van der Waals surface area contributed by atoms with Crippen LogP contribution in [0.15, 0.2) is 77.4 Å². The molecule has 0 aliphatic rings. The molecule has 0 aliphatic heterocycles. The van der Waals surface area contributed by atoms with Crippen LogP contribution in [0.5, 0.6) is 0 Å². The summed E-state index contributed by atoms with van der Waals surface area (Å²) < 4.78 is 2.75. The van der Waals surface area contributed by atoms with Gasteiger partial charge in [-0.25, -0.2) is 9.67 Å². The lowest BCUT2D eigenvalue weighted by Gasteiger charge is -2.10. The van der Waals surface area contributed by atoms with Gasteiger partial charge >= 0.3 is 0 Å². The van der Waals surface area contributed by atoms with E-state index < -0.39 is 0 Å². The van der Waals surface area contributed by atoms with Crippen LogP contribution in [-0.4, -0.2) is 20.7 Å². The molecule has 2 aromatic heterocycles. The molecular weight excluding hydrogens is 392 g/mol. The number of halogens is 1. The zero-order valence-corrected chi connectivity index (χ0v) is 15.3. The maximum absolute atomic E-state index is 12.6. The molecule has 0 saturated heterocycles. The summed E-state index contributed by atoms with van der Waals surface area (Å²) in [5, 5.41) is 8.21. The van der Waals surface area contributed by atoms with Gasteiger partial charge in [0.25, 0.3) is 5.91 Å². The van der Waals surface area contributed by atoms with Crippen molar-refractivity contribution in [1.82, 2.24) is 14.8 Å². The van der Waals surface area contributed by atoms with E-state index in [1.807, 2.05) is 54.6 Å². The van der Waals surface area contributed by atoms with Crippen molar-refractivity contribution in [3.63, 3.8) is 0 Å². The van der Waals surface area contributed by atoms with Crippen LogP contribution in [0.3, 0.4) is 0 Å². The highest BCUT2D eigenvalue weighted by atomic mass is 79.9. The summed E-state index contributed by atoms with van der Waals surface area (Å²) in [5.74, 6) is 0.366. The number of aromatic nitrogens is 3. The molecule has 0 bridgehead atoms. The molecule has 6 heteroatoms. The van der Waals surface area contributed by atoms with Crippen molar-refractivity contribution in [2.45, 2.75) is 6.54 Å². The minimum absolute atomic E-state index is 0.260. The molecule has 5 nitrogen and oxygen atoms in total. The van der Waals surface area contributed by atoms with Gasteiger partial charge in [-0.1, -0.05) is 58.4 Å². The number of amides is 1. The summed E-state index contributed by atoms with van der Waals surface area (Å²) >= 11 is 3.54. The van der Waals surface area contributed by atoms with Crippen LogP contribution < -0.4 is 5.32 Å². The van der Waals surface area contributed by atoms with Crippen molar-refractivity contribution in [3.05, 3.63) is 88.7 Å². The van der Waals surface area contributed by atoms with E-state index in [4.69, 9.17) is 0 Å². The molecule has 4 rings (SSSR count). The Labute approximate surface area is 158 Å². The predicted molar refractivity (Wildman–Crippen MR) is 105 cm³/mol. The van der Waals surface area contributed by atoms with E-state index in [9.17, 15) is 4.79 Å². The highest BCUT2D eigenvalue weighted by Crippen LogP contribution is 2.19. The molecule has 0 unspecified atom stereocenters. The SMILES string of the molecule is O=C(Nc1ccnn1Cc1ccccc1Br)c1ccc2ccccc2n1. The van der Waals surface area contributed by atoms with Gasteiger partial charge in [0.05, 0.1) is 18.3 Å². The van der Waals surface area contributed by atoms with Gasteiger partial charge in [0.1, 0.15) is 11.5 Å². The number of nitrogens with one attached hydrogen (secondary N) is 1. The lowest BCUT2D eigenvalue weighted by molar-refractivity contribution is 0.102. The molecule has 2 aromatic carbocycles. The number of fused-ring (bicyclic) bond motifs is 1. The summed E-state index contributed by atoms with van der Waals surface area (Å²) in [6.07, 6.45) is 1.67. The maximum atomic E-state index is 12.6. The molecule has 1 N–H and O–H groups in total. The summed E-state index contributed by atoms with van der Waals surface area (Å²) in [4.78, 5) is 17.0. The average molecular weight is 407 g/mol. The van der Waals surface area contributed by atoms with Gasteiger partial charge in [0.2, 0.25) is 0 Å². The normalized spacial score (nSPS) is 10.8. The summed E-state index contributed by atoms with van der Waals surface area (Å²) in [7, 11) is 0. The van der Waals surface area contributed by atoms with Crippen molar-refractivity contribution in [2.75, 3.05) is 5.32 Å². The highest BCUT2D eigenvalue weighted by molar-refractivity contribution is 9.10. The molecule has 0 fully saturated rings. The first-order chi connectivity index (χ1) is 12.7. The minimum Gasteiger partial charge on any atom is -0.305 e. The first kappa shape index (κ1) is 16.5. The minimum atomic E-state index is -0.260. The Kier molecular flexibility index (Phi) is 4.50. The van der Waals surface area contributed by atoms with Crippen molar-refractivity contribution in [1.29, 1.82) is 0 Å². The Hall–Kier alpha value is -2.99. The summed E-state index contributed by atoms with van der Waals surface area (Å²) in [6.45, 7) is 0.551. The van der Waals surface area contributed by atoms with Gasteiger partial charge in [-0.05, 0) is 23.8 Å². The van der Waals surface area contributed by atoms with E-state index >= 15 is 0 Å². The van der Waals surface area contributed by atoms with Crippen LogP contribution in [0.1, 0.15) is 16.1 Å². The summed E-state index contributed by atoms with van der Waals surface area (Å²) in [5.41, 5.74) is 2.25. The number of rotatable bonds is 4. The largest absolute Gasteiger partial charge is 0.305 e. The number of anilines is 1. The molecule has 1 amide bonds. The third-order valence-corrected chi connectivity index (χ3v) is 4.84. The van der Waals surface area contributed by atoms with Crippen LogP contribution in [0.2, 0.25) is 0 Å². The molecule has 0 atom stereocenters. The zero-order valence-electron chi connectivity index (χ0n) is 13.8. The molecule has 0 saturated carbocycles. The average Bonchev–Trinajstić information content (AvgIpc) is 3.10. The lowest BCUT2D eigenvalue weighted by atomic mass is 10.2. The van der Waals surface area contributed by atoms with Crippen molar-refractivity contribution in [2.24, 2.45) is 0 Å². The van der Waals surface area contributed by atoms with Crippen LogP contribution in [0.4, 0.5) is 5.82 Å². The number of carbonyl (C=O) groups excluding carboxylic acids is 1. The molecule has 128 valence electrons. The number of nitrogens with zero attached hydrogens (tertiary/aromatic N) is 3. The van der Waals surface area contributed by atoms with E-state index in [-0.39, 0.29) is 5.91 Å². The van der Waals surface area contributed by atoms with Crippen molar-refractivity contribution in [3.8, 4) is 0 Å². The molecule has 26 heavy (non-hydrogen) atoms. The second-order valence-electron chi connectivity index (χ2n) is 5.81. The standard InChI is InChI=1S/C20H15BrN4O/c21-16-7-3-1-6-15(16)13-25-19(11-12-22-25)24-20(26)18-10-9-14-5-2-4-8-17(14)23-18/h1-12H,13H2,(H,24,26). The fraction of sp³-hybridized carbons (Fsp3) is 0.0500. The Bertz CT molecular complexity index is 1090. The molecule has 0 aliphatic carbocycles. The van der Waals surface area contributed by atoms with E-state index in [1.165, 1.54) is 0 Å². The molecule has 2 heterocycles. The third kappa shape index (κ3) is 3.36. The number of hydrogen-bond acceptors (Lipinski definition) is 3. The van der Waals surface area contributed by atoms with Gasteiger partial charge in [-0.2, -0.15) is 5.10 Å². The second-order valence-corrected chi connectivity index (χ2v) is 6.66.